The van der Waals surface area contributed by atoms with Crippen LogP contribution in [0.1, 0.15) is 10.4 Å². The van der Waals surface area contributed by atoms with Crippen LogP contribution in [0.15, 0.2) is 35.4 Å². The predicted octanol–water partition coefficient (Wildman–Crippen LogP) is 1.87. The number of carbonyl (C=O) groups is 1. The van der Waals surface area contributed by atoms with Gasteiger partial charge in [0, 0.05) is 26.7 Å². The van der Waals surface area contributed by atoms with Gasteiger partial charge >= 0.3 is 0 Å². The highest BCUT2D eigenvalue weighted by Crippen LogP contribution is 2.18. The molecule has 0 aliphatic carbocycles. The number of thioether (sulfide) groups is 1. The molecule has 10 nitrogen and oxygen atoms in total. The third-order valence-corrected chi connectivity index (χ3v) is 5.58. The lowest BCUT2D eigenvalue weighted by molar-refractivity contribution is 0.108. The van der Waals surface area contributed by atoms with Crippen LogP contribution in [0.25, 0.3) is 11.2 Å². The molecule has 30 heavy (non-hydrogen) atoms. The van der Waals surface area contributed by atoms with Crippen LogP contribution in [0.5, 0.6) is 5.75 Å². The van der Waals surface area contributed by atoms with Crippen LogP contribution < -0.4 is 16.0 Å². The zero-order valence-electron chi connectivity index (χ0n) is 16.3. The molecule has 1 unspecified atom stereocenters. The molecule has 160 valence electrons. The number of ether oxygens (including phenoxy) is 2. The molecule has 0 bridgehead atoms. The van der Waals surface area contributed by atoms with Crippen molar-refractivity contribution >= 4 is 42.8 Å². The van der Waals surface area contributed by atoms with E-state index in [1.807, 2.05) is 0 Å². The Morgan fingerprint density at radius 2 is 2.10 bits per heavy atom. The van der Waals surface area contributed by atoms with E-state index in [1.54, 1.807) is 35.9 Å². The van der Waals surface area contributed by atoms with E-state index < -0.39 is 0 Å². The van der Waals surface area contributed by atoms with Gasteiger partial charge in [0.05, 0.1) is 33.0 Å². The number of nitrogens with zero attached hydrogens (tertiary/aromatic N) is 3. The molecular formula is C18H22N5O5PS. The number of benzene rings is 1. The number of aromatic nitrogens is 4. The van der Waals surface area contributed by atoms with Gasteiger partial charge in [-0.3, -0.25) is 14.6 Å². The molecular weight excluding hydrogens is 429 g/mol. The van der Waals surface area contributed by atoms with E-state index in [1.165, 1.54) is 18.1 Å². The third kappa shape index (κ3) is 6.02. The van der Waals surface area contributed by atoms with Gasteiger partial charge in [0.15, 0.2) is 11.2 Å². The van der Waals surface area contributed by atoms with Gasteiger partial charge in [0.25, 0.3) is 5.56 Å². The van der Waals surface area contributed by atoms with Crippen LogP contribution in [0.4, 0.5) is 5.95 Å². The molecule has 0 aliphatic rings. The van der Waals surface area contributed by atoms with Crippen molar-refractivity contribution in [2.24, 2.45) is 0 Å². The molecule has 0 saturated heterocycles. The van der Waals surface area contributed by atoms with E-state index in [4.69, 9.17) is 19.7 Å². The second kappa shape index (κ2) is 11.1. The number of carbonyl (C=O) groups excluding carboxylic acids is 1. The maximum Gasteiger partial charge on any atom is 0.280 e. The molecule has 2 aromatic heterocycles. The Bertz CT molecular complexity index is 1040. The second-order valence-electron chi connectivity index (χ2n) is 5.97. The highest BCUT2D eigenvalue weighted by atomic mass is 32.2. The summed E-state index contributed by atoms with van der Waals surface area (Å²) in [5.41, 5.74) is 6.51. The first-order chi connectivity index (χ1) is 14.6. The van der Waals surface area contributed by atoms with Gasteiger partial charge in [-0.1, -0.05) is 11.8 Å². The minimum atomic E-state index is -0.365. The first kappa shape index (κ1) is 22.2. The number of nitrogens with two attached hydrogens (primary N) is 1. The molecule has 0 saturated carbocycles. The fraction of sp³-hybridized carbons (Fsp3) is 0.333. The molecule has 1 aromatic carbocycles. The minimum Gasteiger partial charge on any atom is -0.497 e. The number of methoxy groups -OCH3 is 1. The Labute approximate surface area is 178 Å². The number of hydrogen-bond acceptors (Lipinski definition) is 9. The van der Waals surface area contributed by atoms with Crippen LogP contribution >= 0.6 is 20.6 Å². The number of nitrogen functional groups attached to an aromatic ring is 1. The molecule has 0 spiro atoms. The lowest BCUT2D eigenvalue weighted by atomic mass is 10.2. The fourth-order valence-corrected chi connectivity index (χ4v) is 3.87. The summed E-state index contributed by atoms with van der Waals surface area (Å²) in [5.74, 6) is 1.34. The van der Waals surface area contributed by atoms with Gasteiger partial charge < -0.3 is 24.3 Å². The number of anilines is 1. The molecule has 2 heterocycles. The predicted molar refractivity (Wildman–Crippen MR) is 117 cm³/mol. The third-order valence-electron chi connectivity index (χ3n) is 3.98. The quantitative estimate of drug-likeness (QED) is 0.331. The number of hydrogen-bond donors (Lipinski definition) is 2. The average molecular weight is 451 g/mol. The average Bonchev–Trinajstić information content (AvgIpc) is 3.15. The molecule has 1 atom stereocenters. The van der Waals surface area contributed by atoms with Crippen molar-refractivity contribution in [1.29, 1.82) is 0 Å². The number of H-pyrrole nitrogens is 1. The number of nitrogens with one attached hydrogen (secondary N) is 1. The Morgan fingerprint density at radius 1 is 1.30 bits per heavy atom. The summed E-state index contributed by atoms with van der Waals surface area (Å²) >= 11 is 1.22. The molecule has 0 radical (unpaired) electrons. The number of aromatic amines is 1. The van der Waals surface area contributed by atoms with E-state index in [2.05, 4.69) is 15.0 Å². The van der Waals surface area contributed by atoms with Crippen LogP contribution in [-0.4, -0.2) is 57.1 Å². The Morgan fingerprint density at radius 3 is 2.87 bits per heavy atom. The lowest BCUT2D eigenvalue weighted by Gasteiger charge is -2.07. The summed E-state index contributed by atoms with van der Waals surface area (Å²) in [4.78, 5) is 34.4. The van der Waals surface area contributed by atoms with Crippen LogP contribution in [0, 0.1) is 0 Å². The fourth-order valence-electron chi connectivity index (χ4n) is 2.51. The van der Waals surface area contributed by atoms with Crippen LogP contribution in [0.3, 0.4) is 0 Å². The maximum atomic E-state index is 12.1. The summed E-state index contributed by atoms with van der Waals surface area (Å²) < 4.78 is 17.8. The number of fused-ring (bicyclic) bond motifs is 1. The molecule has 0 amide bonds. The van der Waals surface area contributed by atoms with E-state index >= 15 is 0 Å². The smallest absolute Gasteiger partial charge is 0.280 e. The van der Waals surface area contributed by atoms with Crippen molar-refractivity contribution in [3.63, 3.8) is 0 Å². The van der Waals surface area contributed by atoms with Gasteiger partial charge in [-0.05, 0) is 24.3 Å². The zero-order valence-corrected chi connectivity index (χ0v) is 18.1. The zero-order chi connectivity index (χ0) is 21.3. The van der Waals surface area contributed by atoms with Crippen LogP contribution in [0.2, 0.25) is 0 Å². The highest BCUT2D eigenvalue weighted by molar-refractivity contribution is 8.14. The largest absolute Gasteiger partial charge is 0.497 e. The summed E-state index contributed by atoms with van der Waals surface area (Å²) in [6.45, 7) is 1.37. The standard InChI is InChI=1S/C18H22N5O5PS/c1-26-13-4-2-12(3-5-13)17(25)30-9-8-28-29-11-27-7-6-23-10-20-14-15(23)21-18(19)22-16(14)24/h2-5,10,29H,6-9,11H2,1H3,(H3,19,21,22,24). The minimum absolute atomic E-state index is 0.00137. The van der Waals surface area contributed by atoms with E-state index in [0.29, 0.717) is 43.1 Å². The molecule has 0 fully saturated rings. The monoisotopic (exact) mass is 451 g/mol. The topological polar surface area (TPSA) is 134 Å². The molecule has 3 N–H and O–H groups in total. The van der Waals surface area contributed by atoms with Gasteiger partial charge in [0.1, 0.15) is 5.75 Å². The summed E-state index contributed by atoms with van der Waals surface area (Å²) in [6, 6.07) is 7.01. The van der Waals surface area contributed by atoms with Crippen molar-refractivity contribution in [2.45, 2.75) is 6.54 Å². The van der Waals surface area contributed by atoms with E-state index in [0.717, 1.165) is 5.75 Å². The molecule has 3 rings (SSSR count). The summed E-state index contributed by atoms with van der Waals surface area (Å²) in [6.07, 6.45) is 1.98. The first-order valence-electron chi connectivity index (χ1n) is 9.02. The number of imidazole rings is 1. The molecule has 0 aliphatic heterocycles. The first-order valence-corrected chi connectivity index (χ1v) is 11.1. The van der Waals surface area contributed by atoms with Gasteiger partial charge in [-0.15, -0.1) is 0 Å². The molecule has 3 aromatic rings. The van der Waals surface area contributed by atoms with E-state index in [-0.39, 0.29) is 30.9 Å². The normalized spacial score (nSPS) is 11.5. The number of rotatable bonds is 11. The Hall–Kier alpha value is -2.46. The van der Waals surface area contributed by atoms with Gasteiger partial charge in [-0.25, -0.2) is 4.98 Å². The molecule has 12 heteroatoms. The van der Waals surface area contributed by atoms with Crippen LogP contribution in [-0.2, 0) is 15.8 Å². The van der Waals surface area contributed by atoms with Crippen molar-refractivity contribution in [2.75, 3.05) is 38.2 Å². The summed E-state index contributed by atoms with van der Waals surface area (Å²) in [5, 5.41) is 0.00137. The summed E-state index contributed by atoms with van der Waals surface area (Å²) in [7, 11) is 1.76. The lowest BCUT2D eigenvalue weighted by Crippen LogP contribution is -2.13. The van der Waals surface area contributed by atoms with E-state index in [9.17, 15) is 9.59 Å². The Kier molecular flexibility index (Phi) is 8.21. The second-order valence-corrected chi connectivity index (χ2v) is 7.90. The van der Waals surface area contributed by atoms with Gasteiger partial charge in [-0.2, -0.15) is 4.98 Å². The van der Waals surface area contributed by atoms with Crippen molar-refractivity contribution in [3.05, 3.63) is 46.5 Å². The van der Waals surface area contributed by atoms with Crippen molar-refractivity contribution in [3.8, 4) is 5.75 Å². The van der Waals surface area contributed by atoms with Gasteiger partial charge in [0.2, 0.25) is 11.1 Å². The van der Waals surface area contributed by atoms with Crippen molar-refractivity contribution in [1.82, 2.24) is 19.5 Å². The SMILES string of the molecule is COc1ccc(C(=O)SCCOPCOCCn2cnc3c(=O)[nH]c(N)nc32)cc1. The Balaban J connectivity index is 1.27. The maximum absolute atomic E-state index is 12.1. The van der Waals surface area contributed by atoms with Crippen molar-refractivity contribution < 1.29 is 18.8 Å². The highest BCUT2D eigenvalue weighted by Gasteiger charge is 2.09.